The molecule has 0 atom stereocenters. The number of amides is 1. The molecule has 5 nitrogen and oxygen atoms in total. The maximum atomic E-state index is 12.1. The molecule has 1 aliphatic rings. The van der Waals surface area contributed by atoms with E-state index in [1.54, 1.807) is 13.0 Å². The minimum absolute atomic E-state index is 0.233. The van der Waals surface area contributed by atoms with Crippen LogP contribution in [0.5, 0.6) is 0 Å². The fourth-order valence-electron chi connectivity index (χ4n) is 1.99. The molecule has 0 saturated carbocycles. The third kappa shape index (κ3) is 2.22. The first kappa shape index (κ1) is 12.2. The lowest BCUT2D eigenvalue weighted by Crippen LogP contribution is -2.12. The number of hydrogen-bond donors (Lipinski definition) is 2. The number of carbonyl (C=O) groups is 1. The van der Waals surface area contributed by atoms with Crippen molar-refractivity contribution in [1.82, 2.24) is 10.2 Å². The number of anilines is 1. The molecule has 1 aliphatic heterocycles. The lowest BCUT2D eigenvalue weighted by molar-refractivity contribution is 0.102. The number of aryl methyl sites for hydroxylation is 1. The Labute approximate surface area is 114 Å². The molecule has 19 heavy (non-hydrogen) atoms. The molecule has 0 spiro atoms. The molecule has 6 heteroatoms. The van der Waals surface area contributed by atoms with Gasteiger partial charge in [-0.05, 0) is 30.2 Å². The van der Waals surface area contributed by atoms with Gasteiger partial charge < -0.3 is 10.1 Å². The van der Waals surface area contributed by atoms with Crippen LogP contribution in [0.25, 0.3) is 0 Å². The van der Waals surface area contributed by atoms with Crippen molar-refractivity contribution in [2.24, 2.45) is 0 Å². The molecule has 0 bridgehead atoms. The first-order valence-corrected chi connectivity index (χ1v) is 6.24. The number of carbonyl (C=O) groups excluding carboxylic acids is 1. The SMILES string of the molecule is Cc1[nH]nc(NC(=O)c2ccc3c(c2)COC3)c1Cl. The van der Waals surface area contributed by atoms with E-state index >= 15 is 0 Å². The highest BCUT2D eigenvalue weighted by Gasteiger charge is 2.16. The van der Waals surface area contributed by atoms with E-state index in [1.165, 1.54) is 0 Å². The summed E-state index contributed by atoms with van der Waals surface area (Å²) in [6.07, 6.45) is 0. The number of H-pyrrole nitrogens is 1. The molecule has 0 radical (unpaired) electrons. The van der Waals surface area contributed by atoms with Crippen molar-refractivity contribution in [3.05, 3.63) is 45.6 Å². The molecule has 1 aromatic carbocycles. The topological polar surface area (TPSA) is 67.0 Å². The average molecular weight is 278 g/mol. The standard InChI is InChI=1S/C13H12ClN3O2/c1-7-11(14)12(17-16-7)15-13(18)8-2-3-9-5-19-6-10(9)4-8/h2-4H,5-6H2,1H3,(H2,15,16,17,18). The molecule has 2 aromatic rings. The second-order valence-corrected chi connectivity index (χ2v) is 4.82. The number of fused-ring (bicyclic) bond motifs is 1. The Kier molecular flexibility index (Phi) is 3.00. The van der Waals surface area contributed by atoms with E-state index in [1.807, 2.05) is 12.1 Å². The van der Waals surface area contributed by atoms with Gasteiger partial charge in [0, 0.05) is 5.56 Å². The van der Waals surface area contributed by atoms with Crippen molar-refractivity contribution < 1.29 is 9.53 Å². The lowest BCUT2D eigenvalue weighted by Gasteiger charge is -2.04. The minimum Gasteiger partial charge on any atom is -0.372 e. The van der Waals surface area contributed by atoms with Crippen LogP contribution in [0.1, 0.15) is 27.2 Å². The zero-order chi connectivity index (χ0) is 13.4. The summed E-state index contributed by atoms with van der Waals surface area (Å²) in [6, 6.07) is 5.52. The molecule has 0 unspecified atom stereocenters. The number of hydrogen-bond acceptors (Lipinski definition) is 3. The average Bonchev–Trinajstić information content (AvgIpc) is 2.99. The summed E-state index contributed by atoms with van der Waals surface area (Å²) in [5.74, 6) is 0.115. The van der Waals surface area contributed by atoms with Crippen LogP contribution in [0.2, 0.25) is 5.02 Å². The van der Waals surface area contributed by atoms with E-state index in [9.17, 15) is 4.79 Å². The van der Waals surface area contributed by atoms with Crippen molar-refractivity contribution >= 4 is 23.3 Å². The summed E-state index contributed by atoms with van der Waals surface area (Å²) in [6.45, 7) is 2.96. The molecule has 2 heterocycles. The Morgan fingerprint density at radius 1 is 1.42 bits per heavy atom. The number of benzene rings is 1. The summed E-state index contributed by atoms with van der Waals surface area (Å²) in [7, 11) is 0. The van der Waals surface area contributed by atoms with Crippen molar-refractivity contribution in [2.45, 2.75) is 20.1 Å². The van der Waals surface area contributed by atoms with Gasteiger partial charge in [-0.3, -0.25) is 9.89 Å². The number of ether oxygens (including phenoxy) is 1. The van der Waals surface area contributed by atoms with Gasteiger partial charge in [-0.1, -0.05) is 17.7 Å². The molecule has 2 N–H and O–H groups in total. The van der Waals surface area contributed by atoms with Gasteiger partial charge in [0.05, 0.1) is 18.9 Å². The van der Waals surface area contributed by atoms with Gasteiger partial charge in [-0.2, -0.15) is 5.10 Å². The van der Waals surface area contributed by atoms with Crippen LogP contribution in [-0.4, -0.2) is 16.1 Å². The lowest BCUT2D eigenvalue weighted by atomic mass is 10.1. The second-order valence-electron chi connectivity index (χ2n) is 4.44. The number of nitrogens with zero attached hydrogens (tertiary/aromatic N) is 1. The normalized spacial score (nSPS) is 13.4. The third-order valence-electron chi connectivity index (χ3n) is 3.09. The maximum absolute atomic E-state index is 12.1. The first-order chi connectivity index (χ1) is 9.15. The summed E-state index contributed by atoms with van der Waals surface area (Å²) >= 11 is 6.01. The monoisotopic (exact) mass is 277 g/mol. The highest BCUT2D eigenvalue weighted by molar-refractivity contribution is 6.34. The molecule has 1 aromatic heterocycles. The molecule has 0 saturated heterocycles. The van der Waals surface area contributed by atoms with E-state index < -0.39 is 0 Å². The van der Waals surface area contributed by atoms with Crippen molar-refractivity contribution in [3.8, 4) is 0 Å². The second kappa shape index (κ2) is 4.68. The van der Waals surface area contributed by atoms with E-state index in [2.05, 4.69) is 15.5 Å². The van der Waals surface area contributed by atoms with Gasteiger partial charge in [0.2, 0.25) is 0 Å². The molecule has 98 valence electrons. The third-order valence-corrected chi connectivity index (χ3v) is 3.55. The number of rotatable bonds is 2. The van der Waals surface area contributed by atoms with Crippen LogP contribution in [-0.2, 0) is 18.0 Å². The fourth-order valence-corrected chi connectivity index (χ4v) is 2.12. The van der Waals surface area contributed by atoms with Crippen molar-refractivity contribution in [3.63, 3.8) is 0 Å². The van der Waals surface area contributed by atoms with Gasteiger partial charge in [-0.15, -0.1) is 0 Å². The fraction of sp³-hybridized carbons (Fsp3) is 0.231. The number of halogens is 1. The van der Waals surface area contributed by atoms with Crippen molar-refractivity contribution in [1.29, 1.82) is 0 Å². The molecule has 1 amide bonds. The van der Waals surface area contributed by atoms with Crippen LogP contribution in [0.3, 0.4) is 0 Å². The quantitative estimate of drug-likeness (QED) is 0.887. The largest absolute Gasteiger partial charge is 0.372 e. The summed E-state index contributed by atoms with van der Waals surface area (Å²) in [5.41, 5.74) is 3.47. The Morgan fingerprint density at radius 3 is 2.95 bits per heavy atom. The van der Waals surface area contributed by atoms with Crippen LogP contribution in [0.4, 0.5) is 5.82 Å². The van der Waals surface area contributed by atoms with Crippen LogP contribution >= 0.6 is 11.6 Å². The van der Waals surface area contributed by atoms with Gasteiger partial charge in [0.25, 0.3) is 5.91 Å². The van der Waals surface area contributed by atoms with E-state index in [-0.39, 0.29) is 5.91 Å². The van der Waals surface area contributed by atoms with Gasteiger partial charge in [0.1, 0.15) is 5.02 Å². The highest BCUT2D eigenvalue weighted by atomic mass is 35.5. The van der Waals surface area contributed by atoms with E-state index in [4.69, 9.17) is 16.3 Å². The first-order valence-electron chi connectivity index (χ1n) is 5.86. The predicted octanol–water partition coefficient (Wildman–Crippen LogP) is 2.65. The summed E-state index contributed by atoms with van der Waals surface area (Å²) < 4.78 is 5.32. The van der Waals surface area contributed by atoms with Gasteiger partial charge in [0.15, 0.2) is 5.82 Å². The summed E-state index contributed by atoms with van der Waals surface area (Å²) in [4.78, 5) is 12.1. The van der Waals surface area contributed by atoms with Gasteiger partial charge in [-0.25, -0.2) is 0 Å². The smallest absolute Gasteiger partial charge is 0.256 e. The molecular weight excluding hydrogens is 266 g/mol. The summed E-state index contributed by atoms with van der Waals surface area (Å²) in [5, 5.41) is 9.77. The number of aromatic amines is 1. The molecule has 0 fully saturated rings. The maximum Gasteiger partial charge on any atom is 0.256 e. The Hall–Kier alpha value is -1.85. The molecule has 0 aliphatic carbocycles. The van der Waals surface area contributed by atoms with Crippen molar-refractivity contribution in [2.75, 3.05) is 5.32 Å². The Balaban J connectivity index is 1.83. The minimum atomic E-state index is -0.233. The molecule has 3 rings (SSSR count). The Bertz CT molecular complexity index is 651. The predicted molar refractivity (Wildman–Crippen MR) is 71.2 cm³/mol. The van der Waals surface area contributed by atoms with Gasteiger partial charge >= 0.3 is 0 Å². The Morgan fingerprint density at radius 2 is 2.21 bits per heavy atom. The van der Waals surface area contributed by atoms with Crippen LogP contribution < -0.4 is 5.32 Å². The number of aromatic nitrogens is 2. The van der Waals surface area contributed by atoms with Crippen LogP contribution in [0, 0.1) is 6.92 Å². The molecular formula is C13H12ClN3O2. The van der Waals surface area contributed by atoms with Crippen LogP contribution in [0.15, 0.2) is 18.2 Å². The highest BCUT2D eigenvalue weighted by Crippen LogP contribution is 2.24. The number of nitrogens with one attached hydrogen (secondary N) is 2. The van der Waals surface area contributed by atoms with E-state index in [0.717, 1.165) is 16.8 Å². The zero-order valence-electron chi connectivity index (χ0n) is 10.3. The van der Waals surface area contributed by atoms with E-state index in [0.29, 0.717) is 29.6 Å². The zero-order valence-corrected chi connectivity index (χ0v) is 11.0.